The molecule has 92 valence electrons. The lowest BCUT2D eigenvalue weighted by atomic mass is 9.89. The van der Waals surface area contributed by atoms with E-state index in [-0.39, 0.29) is 11.6 Å². The summed E-state index contributed by atoms with van der Waals surface area (Å²) in [6, 6.07) is 3.86. The molecule has 0 spiro atoms. The number of hydrogen-bond acceptors (Lipinski definition) is 2. The van der Waals surface area contributed by atoms with Crippen molar-refractivity contribution in [3.8, 4) is 0 Å². The average molecular weight is 232 g/mol. The predicted octanol–water partition coefficient (Wildman–Crippen LogP) is 3.78. The highest BCUT2D eigenvalue weighted by Crippen LogP contribution is 2.24. The van der Waals surface area contributed by atoms with Crippen LogP contribution in [-0.4, -0.2) is 11.6 Å². The van der Waals surface area contributed by atoms with Crippen LogP contribution in [0.25, 0.3) is 0 Å². The van der Waals surface area contributed by atoms with Gasteiger partial charge in [-0.2, -0.15) is 0 Å². The zero-order chi connectivity index (χ0) is 13.2. The molecule has 0 heterocycles. The summed E-state index contributed by atoms with van der Waals surface area (Å²) in [7, 11) is 0. The van der Waals surface area contributed by atoms with E-state index in [4.69, 9.17) is 0 Å². The zero-order valence-corrected chi connectivity index (χ0v) is 11.3. The molecule has 0 aliphatic carbocycles. The van der Waals surface area contributed by atoms with Crippen LogP contribution in [0, 0.1) is 0 Å². The van der Waals surface area contributed by atoms with Crippen LogP contribution < -0.4 is 0 Å². The van der Waals surface area contributed by atoms with E-state index in [1.54, 1.807) is 13.8 Å². The van der Waals surface area contributed by atoms with Gasteiger partial charge in [-0.1, -0.05) is 20.8 Å². The Kier molecular flexibility index (Phi) is 4.22. The lowest BCUT2D eigenvalue weighted by Gasteiger charge is -2.15. The summed E-state index contributed by atoms with van der Waals surface area (Å²) in [5.74, 6) is 0.385. The lowest BCUT2D eigenvalue weighted by Crippen LogP contribution is -2.08. The second-order valence-electron chi connectivity index (χ2n) is 4.72. The van der Waals surface area contributed by atoms with Crippen molar-refractivity contribution in [3.63, 3.8) is 0 Å². The number of Topliss-reactive ketones (excluding diaryl/α,β-unsaturated/α-hetero) is 2. The van der Waals surface area contributed by atoms with Gasteiger partial charge in [0.05, 0.1) is 0 Å². The highest BCUT2D eigenvalue weighted by molar-refractivity contribution is 6.02. The van der Waals surface area contributed by atoms with Crippen molar-refractivity contribution >= 4 is 11.6 Å². The number of benzene rings is 1. The average Bonchev–Trinajstić information content (AvgIpc) is 2.26. The third-order valence-electron chi connectivity index (χ3n) is 3.05. The SMILES string of the molecule is CCc1c(C(C)=O)cc(C(C)C)cc1C(C)=O. The second-order valence-corrected chi connectivity index (χ2v) is 4.72. The maximum atomic E-state index is 11.7. The minimum atomic E-state index is 0.0341. The summed E-state index contributed by atoms with van der Waals surface area (Å²) < 4.78 is 0. The van der Waals surface area contributed by atoms with Crippen molar-refractivity contribution in [1.82, 2.24) is 0 Å². The summed E-state index contributed by atoms with van der Waals surface area (Å²) in [4.78, 5) is 23.3. The molecule has 0 unspecified atom stereocenters. The first kappa shape index (κ1) is 13.6. The quantitative estimate of drug-likeness (QED) is 0.740. The molecule has 1 rings (SSSR count). The minimum absolute atomic E-state index is 0.0341. The number of ketones is 2. The molecule has 0 aromatic heterocycles. The predicted molar refractivity (Wildman–Crippen MR) is 69.9 cm³/mol. The van der Waals surface area contributed by atoms with Gasteiger partial charge in [0, 0.05) is 11.1 Å². The van der Waals surface area contributed by atoms with Crippen LogP contribution in [0.15, 0.2) is 12.1 Å². The van der Waals surface area contributed by atoms with Crippen LogP contribution in [0.5, 0.6) is 0 Å². The summed E-state index contributed by atoms with van der Waals surface area (Å²) in [6.07, 6.45) is 0.711. The Balaban J connectivity index is 3.57. The third-order valence-corrected chi connectivity index (χ3v) is 3.05. The fourth-order valence-electron chi connectivity index (χ4n) is 2.04. The molecule has 0 aliphatic rings. The Morgan fingerprint density at radius 2 is 1.47 bits per heavy atom. The smallest absolute Gasteiger partial charge is 0.160 e. The summed E-state index contributed by atoms with van der Waals surface area (Å²) >= 11 is 0. The van der Waals surface area contributed by atoms with Crippen LogP contribution in [0.3, 0.4) is 0 Å². The number of rotatable bonds is 4. The van der Waals surface area contributed by atoms with E-state index in [0.29, 0.717) is 23.5 Å². The standard InChI is InChI=1S/C15H20O2/c1-6-13-14(10(4)16)7-12(9(2)3)8-15(13)11(5)17/h7-9H,6H2,1-5H3. The molecule has 0 fully saturated rings. The molecule has 0 atom stereocenters. The van der Waals surface area contributed by atoms with E-state index >= 15 is 0 Å². The maximum absolute atomic E-state index is 11.7. The van der Waals surface area contributed by atoms with Gasteiger partial charge in [-0.25, -0.2) is 0 Å². The summed E-state index contributed by atoms with van der Waals surface area (Å²) in [5, 5.41) is 0. The highest BCUT2D eigenvalue weighted by Gasteiger charge is 2.16. The van der Waals surface area contributed by atoms with Crippen molar-refractivity contribution < 1.29 is 9.59 Å². The molecule has 0 N–H and O–H groups in total. The van der Waals surface area contributed by atoms with E-state index in [1.165, 1.54) is 0 Å². The number of hydrogen-bond donors (Lipinski definition) is 0. The van der Waals surface area contributed by atoms with Gasteiger partial charge in [0.1, 0.15) is 0 Å². The van der Waals surface area contributed by atoms with Crippen molar-refractivity contribution in [2.75, 3.05) is 0 Å². The molecular formula is C15H20O2. The Morgan fingerprint density at radius 1 is 1.06 bits per heavy atom. The fourth-order valence-corrected chi connectivity index (χ4v) is 2.04. The monoisotopic (exact) mass is 232 g/mol. The van der Waals surface area contributed by atoms with Crippen LogP contribution in [0.1, 0.15) is 72.4 Å². The van der Waals surface area contributed by atoms with Gasteiger partial charge in [0.2, 0.25) is 0 Å². The number of carbonyl (C=O) groups is 2. The van der Waals surface area contributed by atoms with Crippen LogP contribution in [-0.2, 0) is 6.42 Å². The lowest BCUT2D eigenvalue weighted by molar-refractivity contribution is 0.101. The molecule has 2 nitrogen and oxygen atoms in total. The molecule has 17 heavy (non-hydrogen) atoms. The van der Waals surface area contributed by atoms with Gasteiger partial charge in [0.25, 0.3) is 0 Å². The Morgan fingerprint density at radius 3 is 1.71 bits per heavy atom. The molecule has 0 amide bonds. The van der Waals surface area contributed by atoms with Crippen LogP contribution in [0.4, 0.5) is 0 Å². The molecule has 1 aromatic carbocycles. The van der Waals surface area contributed by atoms with Crippen LogP contribution in [0.2, 0.25) is 0 Å². The Hall–Kier alpha value is -1.44. The molecule has 0 radical (unpaired) electrons. The van der Waals surface area contributed by atoms with E-state index in [0.717, 1.165) is 11.1 Å². The molecule has 0 aliphatic heterocycles. The van der Waals surface area contributed by atoms with Crippen LogP contribution >= 0.6 is 0 Å². The normalized spacial score (nSPS) is 10.7. The van der Waals surface area contributed by atoms with Gasteiger partial charge in [-0.3, -0.25) is 9.59 Å². The van der Waals surface area contributed by atoms with E-state index in [9.17, 15) is 9.59 Å². The molecular weight excluding hydrogens is 212 g/mol. The van der Waals surface area contributed by atoms with Gasteiger partial charge < -0.3 is 0 Å². The van der Waals surface area contributed by atoms with Gasteiger partial charge in [-0.05, 0) is 49.4 Å². The molecule has 0 bridgehead atoms. The van der Waals surface area contributed by atoms with E-state index < -0.39 is 0 Å². The molecule has 0 saturated heterocycles. The highest BCUT2D eigenvalue weighted by atomic mass is 16.1. The molecule has 0 saturated carbocycles. The van der Waals surface area contributed by atoms with Crippen molar-refractivity contribution in [2.24, 2.45) is 0 Å². The van der Waals surface area contributed by atoms with Gasteiger partial charge in [-0.15, -0.1) is 0 Å². The molecule has 2 heteroatoms. The second kappa shape index (κ2) is 5.26. The van der Waals surface area contributed by atoms with E-state index in [2.05, 4.69) is 13.8 Å². The molecule has 1 aromatic rings. The minimum Gasteiger partial charge on any atom is -0.295 e. The van der Waals surface area contributed by atoms with Crippen molar-refractivity contribution in [2.45, 2.75) is 47.0 Å². The topological polar surface area (TPSA) is 34.1 Å². The Bertz CT molecular complexity index is 421. The van der Waals surface area contributed by atoms with Crippen molar-refractivity contribution in [1.29, 1.82) is 0 Å². The number of carbonyl (C=O) groups excluding carboxylic acids is 2. The first-order valence-electron chi connectivity index (χ1n) is 6.07. The van der Waals surface area contributed by atoms with Gasteiger partial charge in [0.15, 0.2) is 11.6 Å². The van der Waals surface area contributed by atoms with E-state index in [1.807, 2.05) is 19.1 Å². The first-order chi connectivity index (χ1) is 7.88. The van der Waals surface area contributed by atoms with Crippen molar-refractivity contribution in [3.05, 3.63) is 34.4 Å². The summed E-state index contributed by atoms with van der Waals surface area (Å²) in [5.41, 5.74) is 3.33. The maximum Gasteiger partial charge on any atom is 0.160 e. The fraction of sp³-hybridized carbons (Fsp3) is 0.467. The largest absolute Gasteiger partial charge is 0.295 e. The summed E-state index contributed by atoms with van der Waals surface area (Å²) in [6.45, 7) is 9.22. The zero-order valence-electron chi connectivity index (χ0n) is 11.3. The van der Waals surface area contributed by atoms with Gasteiger partial charge >= 0.3 is 0 Å². The first-order valence-corrected chi connectivity index (χ1v) is 6.07. The Labute approximate surface area is 103 Å². The third kappa shape index (κ3) is 2.82.